The number of hydrogen-bond acceptors (Lipinski definition) is 8. The molecule has 10 heteroatoms. The fraction of sp³-hybridized carbons (Fsp3) is 0.429. The zero-order valence-electron chi connectivity index (χ0n) is 12.5. The van der Waals surface area contributed by atoms with E-state index in [9.17, 15) is 20.1 Å². The van der Waals surface area contributed by atoms with Crippen LogP contribution in [0.15, 0.2) is 29.4 Å². The summed E-state index contributed by atoms with van der Waals surface area (Å²) in [6, 6.07) is 5.55. The summed E-state index contributed by atoms with van der Waals surface area (Å²) < 4.78 is 10.7. The molecule has 1 heterocycles. The predicted octanol–water partition coefficient (Wildman–Crippen LogP) is -2.13. The largest absolute Gasteiger partial charge is 0.462 e. The van der Waals surface area contributed by atoms with Crippen molar-refractivity contribution >= 4 is 12.2 Å². The van der Waals surface area contributed by atoms with Gasteiger partial charge in [-0.3, -0.25) is 0 Å². The molecule has 1 saturated heterocycles. The van der Waals surface area contributed by atoms with Gasteiger partial charge >= 0.3 is 6.03 Å². The Kier molecular flexibility index (Phi) is 6.06. The van der Waals surface area contributed by atoms with Gasteiger partial charge in [-0.1, -0.05) is 0 Å². The highest BCUT2D eigenvalue weighted by Gasteiger charge is 2.44. The van der Waals surface area contributed by atoms with Crippen molar-refractivity contribution in [3.63, 3.8) is 0 Å². The van der Waals surface area contributed by atoms with Crippen molar-refractivity contribution in [3.8, 4) is 5.75 Å². The van der Waals surface area contributed by atoms with Gasteiger partial charge in [-0.05, 0) is 29.8 Å². The number of hydrazone groups is 1. The molecule has 132 valence electrons. The molecule has 10 nitrogen and oxygen atoms in total. The van der Waals surface area contributed by atoms with Crippen LogP contribution < -0.4 is 15.9 Å². The quantitative estimate of drug-likeness (QED) is 0.263. The fourth-order valence-electron chi connectivity index (χ4n) is 2.10. The number of carbonyl (C=O) groups excluding carboxylic acids is 1. The highest BCUT2D eigenvalue weighted by Crippen LogP contribution is 2.24. The van der Waals surface area contributed by atoms with E-state index in [0.717, 1.165) is 0 Å². The first-order valence-electron chi connectivity index (χ1n) is 7.08. The number of benzene rings is 1. The second-order valence-corrected chi connectivity index (χ2v) is 5.12. The maximum atomic E-state index is 10.5. The molecule has 5 atom stereocenters. The first-order chi connectivity index (χ1) is 11.4. The molecule has 1 aliphatic heterocycles. The van der Waals surface area contributed by atoms with E-state index in [4.69, 9.17) is 20.3 Å². The molecule has 0 radical (unpaired) electrons. The van der Waals surface area contributed by atoms with Crippen LogP contribution in [0.2, 0.25) is 0 Å². The van der Waals surface area contributed by atoms with Crippen molar-refractivity contribution in [2.24, 2.45) is 10.8 Å². The Morgan fingerprint density at radius 2 is 1.92 bits per heavy atom. The Morgan fingerprint density at radius 3 is 2.50 bits per heavy atom. The van der Waals surface area contributed by atoms with Crippen molar-refractivity contribution in [2.75, 3.05) is 6.61 Å². The minimum Gasteiger partial charge on any atom is -0.462 e. The second-order valence-electron chi connectivity index (χ2n) is 5.12. The van der Waals surface area contributed by atoms with E-state index in [0.29, 0.717) is 11.3 Å². The minimum atomic E-state index is -1.51. The number of nitrogens with two attached hydrogens (primary N) is 1. The molecule has 0 spiro atoms. The molecule has 1 aromatic rings. The van der Waals surface area contributed by atoms with Gasteiger partial charge in [-0.25, -0.2) is 10.2 Å². The number of ether oxygens (including phenoxy) is 2. The number of rotatable bonds is 5. The molecule has 0 saturated carbocycles. The number of carbonyl (C=O) groups is 1. The van der Waals surface area contributed by atoms with Gasteiger partial charge in [0.15, 0.2) is 0 Å². The zero-order valence-corrected chi connectivity index (χ0v) is 12.5. The molecule has 0 bridgehead atoms. The molecule has 1 aliphatic rings. The number of nitrogens with zero attached hydrogens (tertiary/aromatic N) is 1. The number of amides is 2. The van der Waals surface area contributed by atoms with E-state index in [-0.39, 0.29) is 0 Å². The summed E-state index contributed by atoms with van der Waals surface area (Å²) in [5, 5.41) is 42.0. The van der Waals surface area contributed by atoms with Gasteiger partial charge in [-0.15, -0.1) is 0 Å². The van der Waals surface area contributed by atoms with Crippen molar-refractivity contribution in [3.05, 3.63) is 29.8 Å². The number of aliphatic hydroxyl groups excluding tert-OH is 4. The van der Waals surface area contributed by atoms with Crippen LogP contribution >= 0.6 is 0 Å². The van der Waals surface area contributed by atoms with Crippen LogP contribution in [0.25, 0.3) is 0 Å². The third-order valence-electron chi connectivity index (χ3n) is 3.37. The lowest BCUT2D eigenvalue weighted by Gasteiger charge is -2.39. The fourth-order valence-corrected chi connectivity index (χ4v) is 2.10. The van der Waals surface area contributed by atoms with Crippen LogP contribution in [0.5, 0.6) is 5.75 Å². The molecule has 2 rings (SSSR count). The third kappa shape index (κ3) is 4.40. The molecule has 2 amide bonds. The van der Waals surface area contributed by atoms with Crippen molar-refractivity contribution < 1.29 is 34.7 Å². The molecule has 0 aliphatic carbocycles. The SMILES string of the molecule is NC(=O)N/N=C/c1ccc(O[C@@H]2O[C@H](CO)[C@@H](O)[C@@H](O)[C@H]2O)cc1. The van der Waals surface area contributed by atoms with Crippen molar-refractivity contribution in [1.29, 1.82) is 0 Å². The summed E-state index contributed by atoms with van der Waals surface area (Å²) >= 11 is 0. The average Bonchev–Trinajstić information content (AvgIpc) is 2.56. The summed E-state index contributed by atoms with van der Waals surface area (Å²) in [6.07, 6.45) is -5.36. The second kappa shape index (κ2) is 8.04. The first kappa shape index (κ1) is 18.1. The molecule has 0 aromatic heterocycles. The van der Waals surface area contributed by atoms with Crippen molar-refractivity contribution in [1.82, 2.24) is 5.43 Å². The van der Waals surface area contributed by atoms with Gasteiger partial charge in [0.1, 0.15) is 30.2 Å². The van der Waals surface area contributed by atoms with Crippen LogP contribution in [-0.4, -0.2) is 70.0 Å². The average molecular weight is 341 g/mol. The maximum absolute atomic E-state index is 10.5. The standard InChI is InChI=1S/C14H19N3O7/c15-14(22)17-16-5-7-1-3-8(4-2-7)23-13-12(21)11(20)10(19)9(6-18)24-13/h1-5,9-13,18-21H,6H2,(H3,15,17,22)/b16-5+/t9-,10-,11-,12-,13-/m1/s1. The molecule has 7 N–H and O–H groups in total. The molecule has 0 unspecified atom stereocenters. The molecule has 1 fully saturated rings. The van der Waals surface area contributed by atoms with Crippen LogP contribution in [-0.2, 0) is 4.74 Å². The van der Waals surface area contributed by atoms with Gasteiger partial charge in [0.25, 0.3) is 0 Å². The number of urea groups is 1. The summed E-state index contributed by atoms with van der Waals surface area (Å²) in [5.74, 6) is 0.319. The van der Waals surface area contributed by atoms with Gasteiger partial charge in [0.2, 0.25) is 6.29 Å². The third-order valence-corrected chi connectivity index (χ3v) is 3.37. The van der Waals surface area contributed by atoms with Crippen LogP contribution in [0.4, 0.5) is 4.79 Å². The Balaban J connectivity index is 2.00. The topological polar surface area (TPSA) is 167 Å². The zero-order chi connectivity index (χ0) is 17.7. The lowest BCUT2D eigenvalue weighted by Crippen LogP contribution is -2.60. The Bertz CT molecular complexity index is 578. The first-order valence-corrected chi connectivity index (χ1v) is 7.08. The van der Waals surface area contributed by atoms with E-state index in [1.165, 1.54) is 6.21 Å². The lowest BCUT2D eigenvalue weighted by molar-refractivity contribution is -0.277. The van der Waals surface area contributed by atoms with Gasteiger partial charge in [-0.2, -0.15) is 5.10 Å². The molecular formula is C14H19N3O7. The van der Waals surface area contributed by atoms with Crippen LogP contribution in [0, 0.1) is 0 Å². The Labute approximate surface area is 137 Å². The smallest absolute Gasteiger partial charge is 0.332 e. The molecular weight excluding hydrogens is 322 g/mol. The molecule has 24 heavy (non-hydrogen) atoms. The predicted molar refractivity (Wildman–Crippen MR) is 81.2 cm³/mol. The maximum Gasteiger partial charge on any atom is 0.332 e. The highest BCUT2D eigenvalue weighted by atomic mass is 16.7. The Morgan fingerprint density at radius 1 is 1.25 bits per heavy atom. The van der Waals surface area contributed by atoms with Crippen LogP contribution in [0.3, 0.4) is 0 Å². The van der Waals surface area contributed by atoms with Gasteiger partial charge in [0.05, 0.1) is 12.8 Å². The number of primary amides is 1. The van der Waals surface area contributed by atoms with E-state index in [2.05, 4.69) is 5.10 Å². The summed E-state index contributed by atoms with van der Waals surface area (Å²) in [5.41, 5.74) is 7.56. The summed E-state index contributed by atoms with van der Waals surface area (Å²) in [6.45, 7) is -0.535. The van der Waals surface area contributed by atoms with E-state index >= 15 is 0 Å². The van der Waals surface area contributed by atoms with E-state index in [1.807, 2.05) is 5.43 Å². The highest BCUT2D eigenvalue weighted by molar-refractivity contribution is 5.81. The van der Waals surface area contributed by atoms with Gasteiger partial charge < -0.3 is 35.6 Å². The number of nitrogens with one attached hydrogen (secondary N) is 1. The van der Waals surface area contributed by atoms with Crippen molar-refractivity contribution in [2.45, 2.75) is 30.7 Å². The normalized spacial score (nSPS) is 30.2. The monoisotopic (exact) mass is 341 g/mol. The summed E-state index contributed by atoms with van der Waals surface area (Å²) in [7, 11) is 0. The number of hydrogen-bond donors (Lipinski definition) is 6. The van der Waals surface area contributed by atoms with E-state index in [1.54, 1.807) is 24.3 Å². The van der Waals surface area contributed by atoms with E-state index < -0.39 is 43.3 Å². The number of aliphatic hydroxyl groups is 4. The lowest BCUT2D eigenvalue weighted by atomic mass is 9.99. The Hall–Kier alpha value is -2.24. The molecule has 1 aromatic carbocycles. The van der Waals surface area contributed by atoms with Gasteiger partial charge in [0, 0.05) is 0 Å². The summed E-state index contributed by atoms with van der Waals surface area (Å²) in [4.78, 5) is 10.5. The minimum absolute atomic E-state index is 0.319. The van der Waals surface area contributed by atoms with Crippen LogP contribution in [0.1, 0.15) is 5.56 Å².